The van der Waals surface area contributed by atoms with Crippen LogP contribution in [0.1, 0.15) is 30.0 Å². The van der Waals surface area contributed by atoms with Crippen molar-refractivity contribution in [2.24, 2.45) is 0 Å². The van der Waals surface area contributed by atoms with E-state index in [1.54, 1.807) is 19.1 Å². The molecule has 30 heavy (non-hydrogen) atoms. The van der Waals surface area contributed by atoms with Crippen LogP contribution in [0, 0.1) is 6.92 Å². The van der Waals surface area contributed by atoms with Gasteiger partial charge in [-0.05, 0) is 43.7 Å². The third-order valence-corrected chi connectivity index (χ3v) is 4.47. The van der Waals surface area contributed by atoms with Gasteiger partial charge in [-0.2, -0.15) is 0 Å². The van der Waals surface area contributed by atoms with Gasteiger partial charge in [0.05, 0.1) is 27.8 Å². The topological polar surface area (TPSA) is 92.9 Å². The monoisotopic (exact) mass is 412 g/mol. The van der Waals surface area contributed by atoms with E-state index in [4.69, 9.17) is 23.4 Å². The quantitative estimate of drug-likeness (QED) is 0.514. The van der Waals surface area contributed by atoms with Gasteiger partial charge in [0, 0.05) is 5.56 Å². The van der Waals surface area contributed by atoms with Crippen molar-refractivity contribution in [1.29, 1.82) is 0 Å². The molecule has 8 heteroatoms. The number of carbonyl (C=O) groups excluding carboxylic acids is 1. The van der Waals surface area contributed by atoms with E-state index in [0.29, 0.717) is 28.7 Å². The summed E-state index contributed by atoms with van der Waals surface area (Å²) < 4.78 is 27.1. The zero-order valence-corrected chi connectivity index (χ0v) is 17.6. The molecule has 158 valence electrons. The lowest BCUT2D eigenvalue weighted by molar-refractivity contribution is -0.148. The van der Waals surface area contributed by atoms with Crippen molar-refractivity contribution in [2.75, 3.05) is 21.3 Å². The molecule has 0 saturated heterocycles. The molecule has 1 heterocycles. The fraction of sp³-hybridized carbons (Fsp3) is 0.318. The van der Waals surface area contributed by atoms with Gasteiger partial charge in [-0.3, -0.25) is 4.79 Å². The normalized spacial score (nSPS) is 11.6. The van der Waals surface area contributed by atoms with Gasteiger partial charge >= 0.3 is 5.97 Å². The Morgan fingerprint density at radius 2 is 1.63 bits per heavy atom. The first-order valence-electron chi connectivity index (χ1n) is 9.34. The summed E-state index contributed by atoms with van der Waals surface area (Å²) in [6.45, 7) is 3.68. The predicted molar refractivity (Wildman–Crippen MR) is 109 cm³/mol. The van der Waals surface area contributed by atoms with E-state index in [0.717, 1.165) is 11.1 Å². The number of hydrogen-bond acceptors (Lipinski definition) is 8. The van der Waals surface area contributed by atoms with Crippen molar-refractivity contribution in [3.8, 4) is 28.7 Å². The Morgan fingerprint density at radius 1 is 1.00 bits per heavy atom. The Bertz CT molecular complexity index is 988. The van der Waals surface area contributed by atoms with Crippen molar-refractivity contribution in [2.45, 2.75) is 26.4 Å². The number of benzene rings is 2. The third-order valence-electron chi connectivity index (χ3n) is 4.47. The first-order valence-corrected chi connectivity index (χ1v) is 9.34. The average Bonchev–Trinajstić information content (AvgIpc) is 3.23. The molecule has 1 atom stereocenters. The van der Waals surface area contributed by atoms with Crippen LogP contribution in [0.5, 0.6) is 17.2 Å². The predicted octanol–water partition coefficient (Wildman–Crippen LogP) is 3.92. The third kappa shape index (κ3) is 4.71. The summed E-state index contributed by atoms with van der Waals surface area (Å²) >= 11 is 0. The largest absolute Gasteiger partial charge is 0.493 e. The van der Waals surface area contributed by atoms with Gasteiger partial charge in [0.15, 0.2) is 17.6 Å². The molecule has 0 spiro atoms. The number of esters is 1. The summed E-state index contributed by atoms with van der Waals surface area (Å²) in [6.07, 6.45) is -0.675. The molecule has 3 aromatic rings. The van der Waals surface area contributed by atoms with Crippen molar-refractivity contribution in [1.82, 2.24) is 10.2 Å². The number of methoxy groups -OCH3 is 3. The average molecular weight is 412 g/mol. The minimum Gasteiger partial charge on any atom is -0.493 e. The van der Waals surface area contributed by atoms with E-state index in [-0.39, 0.29) is 12.3 Å². The van der Waals surface area contributed by atoms with Gasteiger partial charge in [-0.25, -0.2) is 0 Å². The van der Waals surface area contributed by atoms with Crippen LogP contribution in [-0.2, 0) is 16.0 Å². The molecule has 0 radical (unpaired) electrons. The minimum atomic E-state index is -0.689. The highest BCUT2D eigenvalue weighted by Crippen LogP contribution is 2.38. The zero-order chi connectivity index (χ0) is 21.7. The van der Waals surface area contributed by atoms with Gasteiger partial charge in [0.1, 0.15) is 0 Å². The minimum absolute atomic E-state index is 0.0139. The summed E-state index contributed by atoms with van der Waals surface area (Å²) in [4.78, 5) is 12.4. The lowest BCUT2D eigenvalue weighted by Gasteiger charge is -2.14. The number of ether oxygens (including phenoxy) is 4. The highest BCUT2D eigenvalue weighted by atomic mass is 16.6. The smallest absolute Gasteiger partial charge is 0.311 e. The Balaban J connectivity index is 1.68. The number of rotatable bonds is 8. The molecule has 0 amide bonds. The summed E-state index contributed by atoms with van der Waals surface area (Å²) in [5, 5.41) is 8.04. The fourth-order valence-corrected chi connectivity index (χ4v) is 2.91. The molecule has 0 aliphatic carbocycles. The summed E-state index contributed by atoms with van der Waals surface area (Å²) in [7, 11) is 4.55. The maximum atomic E-state index is 12.4. The Morgan fingerprint density at radius 3 is 2.20 bits per heavy atom. The number of aromatic nitrogens is 2. The van der Waals surface area contributed by atoms with Crippen LogP contribution in [0.15, 0.2) is 40.8 Å². The van der Waals surface area contributed by atoms with Gasteiger partial charge in [-0.1, -0.05) is 17.7 Å². The fourth-order valence-electron chi connectivity index (χ4n) is 2.91. The maximum Gasteiger partial charge on any atom is 0.311 e. The van der Waals surface area contributed by atoms with E-state index < -0.39 is 12.1 Å². The van der Waals surface area contributed by atoms with Crippen LogP contribution in [0.25, 0.3) is 11.5 Å². The second-order valence-corrected chi connectivity index (χ2v) is 6.65. The highest BCUT2D eigenvalue weighted by Gasteiger charge is 2.21. The summed E-state index contributed by atoms with van der Waals surface area (Å²) in [5.74, 6) is 1.54. The molecule has 0 bridgehead atoms. The standard InChI is InChI=1S/C22H24N2O6/c1-13-6-8-16(9-7-13)22-24-23-21(30-22)14(2)29-19(25)12-15-10-17(26-3)20(28-5)18(11-15)27-4/h6-11,14H,12H2,1-5H3/t14-/m1/s1. The Hall–Kier alpha value is -3.55. The van der Waals surface area contributed by atoms with E-state index in [1.165, 1.54) is 21.3 Å². The van der Waals surface area contributed by atoms with Crippen LogP contribution in [-0.4, -0.2) is 37.5 Å². The van der Waals surface area contributed by atoms with Crippen LogP contribution in [0.2, 0.25) is 0 Å². The van der Waals surface area contributed by atoms with Crippen LogP contribution in [0.4, 0.5) is 0 Å². The van der Waals surface area contributed by atoms with Crippen molar-refractivity contribution >= 4 is 5.97 Å². The summed E-state index contributed by atoms with van der Waals surface area (Å²) in [5.41, 5.74) is 2.59. The van der Waals surface area contributed by atoms with Gasteiger partial charge in [0.2, 0.25) is 11.6 Å². The highest BCUT2D eigenvalue weighted by molar-refractivity contribution is 5.73. The number of aryl methyl sites for hydroxylation is 1. The Kier molecular flexibility index (Phi) is 6.56. The molecular formula is C22H24N2O6. The van der Waals surface area contributed by atoms with Crippen molar-refractivity contribution in [3.05, 3.63) is 53.4 Å². The number of nitrogens with zero attached hydrogens (tertiary/aromatic N) is 2. The molecule has 0 aliphatic rings. The maximum absolute atomic E-state index is 12.4. The molecule has 0 fully saturated rings. The molecule has 8 nitrogen and oxygen atoms in total. The second kappa shape index (κ2) is 9.30. The molecule has 3 rings (SSSR count). The van der Waals surface area contributed by atoms with Crippen LogP contribution >= 0.6 is 0 Å². The lowest BCUT2D eigenvalue weighted by Crippen LogP contribution is -2.12. The molecule has 1 aromatic heterocycles. The van der Waals surface area contributed by atoms with Gasteiger partial charge < -0.3 is 23.4 Å². The van der Waals surface area contributed by atoms with Crippen LogP contribution in [0.3, 0.4) is 0 Å². The van der Waals surface area contributed by atoms with E-state index >= 15 is 0 Å². The molecule has 2 aromatic carbocycles. The second-order valence-electron chi connectivity index (χ2n) is 6.65. The van der Waals surface area contributed by atoms with E-state index in [1.807, 2.05) is 31.2 Å². The molecule has 0 N–H and O–H groups in total. The lowest BCUT2D eigenvalue weighted by atomic mass is 10.1. The number of carbonyl (C=O) groups is 1. The zero-order valence-electron chi connectivity index (χ0n) is 17.6. The van der Waals surface area contributed by atoms with Gasteiger partial charge in [0.25, 0.3) is 5.89 Å². The molecule has 0 saturated carbocycles. The van der Waals surface area contributed by atoms with E-state index in [9.17, 15) is 4.79 Å². The molecule has 0 unspecified atom stereocenters. The first kappa shape index (κ1) is 21.2. The van der Waals surface area contributed by atoms with Crippen molar-refractivity contribution < 1.29 is 28.2 Å². The first-order chi connectivity index (χ1) is 14.4. The molecular weight excluding hydrogens is 388 g/mol. The van der Waals surface area contributed by atoms with Crippen LogP contribution < -0.4 is 14.2 Å². The summed E-state index contributed by atoms with van der Waals surface area (Å²) in [6, 6.07) is 11.1. The van der Waals surface area contributed by atoms with E-state index in [2.05, 4.69) is 10.2 Å². The molecule has 0 aliphatic heterocycles. The van der Waals surface area contributed by atoms with Gasteiger partial charge in [-0.15, -0.1) is 10.2 Å². The SMILES string of the molecule is COc1cc(CC(=O)O[C@H](C)c2nnc(-c3ccc(C)cc3)o2)cc(OC)c1OC. The number of hydrogen-bond donors (Lipinski definition) is 0. The Labute approximate surface area is 174 Å². The van der Waals surface area contributed by atoms with Crippen molar-refractivity contribution in [3.63, 3.8) is 0 Å².